The summed E-state index contributed by atoms with van der Waals surface area (Å²) in [4.78, 5) is 0. The van der Waals surface area contributed by atoms with Gasteiger partial charge in [0.05, 0.1) is 6.10 Å². The fourth-order valence-electron chi connectivity index (χ4n) is 3.54. The molecule has 4 atom stereocenters. The minimum absolute atomic E-state index is 0.159. The second kappa shape index (κ2) is 4.37. The van der Waals surface area contributed by atoms with Crippen molar-refractivity contribution in [2.24, 2.45) is 23.7 Å². The maximum atomic E-state index is 10.3. The zero-order chi connectivity index (χ0) is 11.9. The smallest absolute Gasteiger partial charge is 0.0648 e. The number of hydrogen-bond donors (Lipinski definition) is 1. The van der Waals surface area contributed by atoms with Gasteiger partial charge in [-0.2, -0.15) is 0 Å². The Kier molecular flexibility index (Phi) is 3.25. The van der Waals surface area contributed by atoms with Gasteiger partial charge in [0.25, 0.3) is 0 Å². The predicted molar refractivity (Wildman–Crippen MR) is 68.1 cm³/mol. The summed E-state index contributed by atoms with van der Waals surface area (Å²) in [5.74, 6) is 2.35. The second-order valence-electron chi connectivity index (χ2n) is 5.98. The molecule has 2 aliphatic carbocycles. The zero-order valence-electron chi connectivity index (χ0n) is 10.9. The summed E-state index contributed by atoms with van der Waals surface area (Å²) >= 11 is 0. The molecule has 2 rings (SSSR count). The lowest BCUT2D eigenvalue weighted by atomic mass is 9.63. The first-order valence-corrected chi connectivity index (χ1v) is 6.52. The average Bonchev–Trinajstić information content (AvgIpc) is 2.15. The van der Waals surface area contributed by atoms with Gasteiger partial charge in [-0.3, -0.25) is 0 Å². The van der Waals surface area contributed by atoms with Crippen LogP contribution < -0.4 is 0 Å². The highest BCUT2D eigenvalue weighted by Gasteiger charge is 2.39. The highest BCUT2D eigenvalue weighted by molar-refractivity contribution is 5.23. The molecule has 1 nitrogen and oxygen atoms in total. The number of allylic oxidation sites excluding steroid dienone is 2. The van der Waals surface area contributed by atoms with Gasteiger partial charge in [0.15, 0.2) is 0 Å². The Labute approximate surface area is 99.3 Å². The number of hydrogen-bond acceptors (Lipinski definition) is 1. The summed E-state index contributed by atoms with van der Waals surface area (Å²) < 4.78 is 0. The largest absolute Gasteiger partial charge is 0.392 e. The van der Waals surface area contributed by atoms with Gasteiger partial charge in [-0.05, 0) is 44.4 Å². The van der Waals surface area contributed by atoms with Crippen LogP contribution in [0.25, 0.3) is 0 Å². The minimum atomic E-state index is -0.159. The van der Waals surface area contributed by atoms with Crippen LogP contribution in [0.4, 0.5) is 0 Å². The van der Waals surface area contributed by atoms with E-state index in [-0.39, 0.29) is 6.10 Å². The molecule has 0 aromatic carbocycles. The van der Waals surface area contributed by atoms with Gasteiger partial charge in [0, 0.05) is 5.92 Å². The summed E-state index contributed by atoms with van der Waals surface area (Å²) in [6, 6.07) is 0. The van der Waals surface area contributed by atoms with E-state index in [9.17, 15) is 5.11 Å². The van der Waals surface area contributed by atoms with E-state index in [1.54, 1.807) is 0 Å². The zero-order valence-corrected chi connectivity index (χ0v) is 10.9. The molecule has 0 aromatic rings. The van der Waals surface area contributed by atoms with Crippen molar-refractivity contribution in [3.05, 3.63) is 23.3 Å². The molecule has 0 amide bonds. The summed E-state index contributed by atoms with van der Waals surface area (Å²) in [5.41, 5.74) is 2.77. The van der Waals surface area contributed by atoms with Crippen LogP contribution in [0.3, 0.4) is 0 Å². The van der Waals surface area contributed by atoms with Crippen LogP contribution in [-0.4, -0.2) is 11.2 Å². The Bertz CT molecular complexity index is 324. The third-order valence-electron chi connectivity index (χ3n) is 4.43. The Hall–Kier alpha value is -0.560. The van der Waals surface area contributed by atoms with Gasteiger partial charge in [-0.25, -0.2) is 0 Å². The molecule has 0 bridgehead atoms. The molecule has 0 aliphatic heterocycles. The van der Waals surface area contributed by atoms with E-state index in [0.717, 1.165) is 6.42 Å². The molecule has 0 fully saturated rings. The minimum Gasteiger partial charge on any atom is -0.392 e. The molecule has 0 saturated carbocycles. The van der Waals surface area contributed by atoms with Gasteiger partial charge in [-0.15, -0.1) is 0 Å². The molecule has 0 saturated heterocycles. The van der Waals surface area contributed by atoms with Gasteiger partial charge >= 0.3 is 0 Å². The molecule has 0 radical (unpaired) electrons. The lowest BCUT2D eigenvalue weighted by Crippen LogP contribution is -2.39. The Morgan fingerprint density at radius 3 is 2.62 bits per heavy atom. The van der Waals surface area contributed by atoms with Crippen LogP contribution in [0.2, 0.25) is 0 Å². The molecule has 0 unspecified atom stereocenters. The number of aliphatic hydroxyl groups is 1. The first-order chi connectivity index (χ1) is 7.50. The Balaban J connectivity index is 2.35. The van der Waals surface area contributed by atoms with Gasteiger partial charge in [0.1, 0.15) is 0 Å². The van der Waals surface area contributed by atoms with E-state index in [2.05, 4.69) is 39.8 Å². The van der Waals surface area contributed by atoms with Crippen LogP contribution in [0.1, 0.15) is 40.5 Å². The van der Waals surface area contributed by atoms with E-state index in [4.69, 9.17) is 0 Å². The van der Waals surface area contributed by atoms with Gasteiger partial charge < -0.3 is 5.11 Å². The molecule has 90 valence electrons. The Morgan fingerprint density at radius 1 is 1.31 bits per heavy atom. The average molecular weight is 220 g/mol. The third kappa shape index (κ3) is 1.98. The van der Waals surface area contributed by atoms with E-state index >= 15 is 0 Å². The third-order valence-corrected chi connectivity index (χ3v) is 4.43. The lowest BCUT2D eigenvalue weighted by molar-refractivity contribution is 0.0620. The van der Waals surface area contributed by atoms with Crippen molar-refractivity contribution in [2.75, 3.05) is 0 Å². The molecule has 1 heteroatoms. The standard InChI is InChI=1S/C15H24O/c1-9(2)12-6-5-11(4)15-13(12)7-10(3)8-14(15)16/h5,7,9,12-16H,6,8H2,1-4H3/t12-,13-,14-,15-/m0/s1. The Morgan fingerprint density at radius 2 is 2.00 bits per heavy atom. The molecular formula is C15H24O. The van der Waals surface area contributed by atoms with Crippen molar-refractivity contribution < 1.29 is 5.11 Å². The lowest BCUT2D eigenvalue weighted by Gasteiger charge is -2.43. The number of rotatable bonds is 1. The first-order valence-electron chi connectivity index (χ1n) is 6.52. The normalized spacial score (nSPS) is 39.1. The van der Waals surface area contributed by atoms with Crippen molar-refractivity contribution >= 4 is 0 Å². The van der Waals surface area contributed by atoms with E-state index in [1.165, 1.54) is 17.6 Å². The fraction of sp³-hybridized carbons (Fsp3) is 0.733. The van der Waals surface area contributed by atoms with Crippen molar-refractivity contribution in [1.29, 1.82) is 0 Å². The SMILES string of the molecule is CC1=C[C@@H]2[C@H](C(C)=CC[C@H]2C(C)C)[C@@H](O)C1. The highest BCUT2D eigenvalue weighted by Crippen LogP contribution is 2.45. The molecule has 16 heavy (non-hydrogen) atoms. The fourth-order valence-corrected chi connectivity index (χ4v) is 3.54. The van der Waals surface area contributed by atoms with E-state index < -0.39 is 0 Å². The van der Waals surface area contributed by atoms with Gasteiger partial charge in [-0.1, -0.05) is 37.1 Å². The number of aliphatic hydroxyl groups excluding tert-OH is 1. The van der Waals surface area contributed by atoms with Crippen molar-refractivity contribution in [3.8, 4) is 0 Å². The predicted octanol–water partition coefficient (Wildman–Crippen LogP) is 3.55. The molecule has 2 aliphatic rings. The molecule has 0 spiro atoms. The maximum absolute atomic E-state index is 10.3. The van der Waals surface area contributed by atoms with Crippen molar-refractivity contribution in [2.45, 2.75) is 46.6 Å². The van der Waals surface area contributed by atoms with Crippen LogP contribution in [0, 0.1) is 23.7 Å². The summed E-state index contributed by atoms with van der Waals surface area (Å²) in [7, 11) is 0. The quantitative estimate of drug-likeness (QED) is 0.670. The van der Waals surface area contributed by atoms with Crippen LogP contribution >= 0.6 is 0 Å². The van der Waals surface area contributed by atoms with Crippen molar-refractivity contribution in [3.63, 3.8) is 0 Å². The van der Waals surface area contributed by atoms with E-state index in [0.29, 0.717) is 23.7 Å². The van der Waals surface area contributed by atoms with Gasteiger partial charge in [0.2, 0.25) is 0 Å². The van der Waals surface area contributed by atoms with Crippen LogP contribution in [-0.2, 0) is 0 Å². The summed E-state index contributed by atoms with van der Waals surface area (Å²) in [5, 5.41) is 10.3. The molecule has 1 N–H and O–H groups in total. The van der Waals surface area contributed by atoms with Crippen LogP contribution in [0.15, 0.2) is 23.3 Å². The number of fused-ring (bicyclic) bond motifs is 1. The molecule has 0 heterocycles. The van der Waals surface area contributed by atoms with Crippen molar-refractivity contribution in [1.82, 2.24) is 0 Å². The molecule has 0 aromatic heterocycles. The monoisotopic (exact) mass is 220 g/mol. The molecular weight excluding hydrogens is 196 g/mol. The maximum Gasteiger partial charge on any atom is 0.0648 e. The first kappa shape index (κ1) is 11.9. The topological polar surface area (TPSA) is 20.2 Å². The second-order valence-corrected chi connectivity index (χ2v) is 5.98. The van der Waals surface area contributed by atoms with Crippen LogP contribution in [0.5, 0.6) is 0 Å². The summed E-state index contributed by atoms with van der Waals surface area (Å²) in [6.07, 6.45) is 6.66. The summed E-state index contributed by atoms with van der Waals surface area (Å²) in [6.45, 7) is 8.96. The highest BCUT2D eigenvalue weighted by atomic mass is 16.3. The van der Waals surface area contributed by atoms with E-state index in [1.807, 2.05) is 0 Å².